The predicted octanol–water partition coefficient (Wildman–Crippen LogP) is 1.85. The van der Waals surface area contributed by atoms with Gasteiger partial charge in [-0.3, -0.25) is 0 Å². The molecule has 0 spiro atoms. The van der Waals surface area contributed by atoms with Crippen molar-refractivity contribution >= 4 is 33.6 Å². The highest BCUT2D eigenvalue weighted by Gasteiger charge is 2.14. The second kappa shape index (κ2) is 2.86. The number of rotatable bonds is 0. The second-order valence-corrected chi connectivity index (χ2v) is 3.65. The molecule has 0 saturated heterocycles. The highest BCUT2D eigenvalue weighted by Crippen LogP contribution is 2.22. The first kappa shape index (κ1) is 8.79. The summed E-state index contributed by atoms with van der Waals surface area (Å²) in [4.78, 5) is 0. The molecule has 0 bridgehead atoms. The first-order valence-corrected chi connectivity index (χ1v) is 4.52. The first-order chi connectivity index (χ1) is 6.11. The third-order valence-electron chi connectivity index (χ3n) is 1.74. The van der Waals surface area contributed by atoms with Crippen LogP contribution >= 0.6 is 22.6 Å². The van der Waals surface area contributed by atoms with Crippen molar-refractivity contribution in [3.63, 3.8) is 0 Å². The second-order valence-electron chi connectivity index (χ2n) is 2.57. The summed E-state index contributed by atoms with van der Waals surface area (Å²) in [6, 6.07) is 1.22. The van der Waals surface area contributed by atoms with E-state index in [4.69, 9.17) is 0 Å². The van der Waals surface area contributed by atoms with Gasteiger partial charge in [-0.2, -0.15) is 0 Å². The van der Waals surface area contributed by atoms with Crippen molar-refractivity contribution in [1.82, 2.24) is 15.0 Å². The molecule has 0 radical (unpaired) electrons. The summed E-state index contributed by atoms with van der Waals surface area (Å²) in [6.07, 6.45) is 0. The molecule has 2 rings (SSSR count). The maximum atomic E-state index is 13.3. The van der Waals surface area contributed by atoms with Crippen LogP contribution in [0.15, 0.2) is 6.07 Å². The van der Waals surface area contributed by atoms with Crippen molar-refractivity contribution in [3.8, 4) is 0 Å². The number of benzene rings is 1. The van der Waals surface area contributed by atoms with Gasteiger partial charge in [-0.1, -0.05) is 5.21 Å². The third kappa shape index (κ3) is 1.19. The number of halogens is 3. The van der Waals surface area contributed by atoms with Crippen molar-refractivity contribution in [2.45, 2.75) is 0 Å². The Morgan fingerprint density at radius 2 is 2.15 bits per heavy atom. The fourth-order valence-corrected chi connectivity index (χ4v) is 1.49. The lowest BCUT2D eigenvalue weighted by atomic mass is 10.3. The Morgan fingerprint density at radius 3 is 2.85 bits per heavy atom. The molecule has 0 unspecified atom stereocenters. The van der Waals surface area contributed by atoms with Crippen molar-refractivity contribution in [1.29, 1.82) is 0 Å². The zero-order valence-corrected chi connectivity index (χ0v) is 8.71. The van der Waals surface area contributed by atoms with E-state index in [1.807, 2.05) is 0 Å². The average molecular weight is 295 g/mol. The lowest BCUT2D eigenvalue weighted by Crippen LogP contribution is -1.93. The van der Waals surface area contributed by atoms with Crippen LogP contribution in [0.4, 0.5) is 8.78 Å². The minimum Gasteiger partial charge on any atom is -0.247 e. The van der Waals surface area contributed by atoms with Crippen LogP contribution in [0.5, 0.6) is 0 Å². The zero-order valence-electron chi connectivity index (χ0n) is 6.55. The molecule has 1 heterocycles. The fourth-order valence-electron chi connectivity index (χ4n) is 1.07. The van der Waals surface area contributed by atoms with E-state index in [9.17, 15) is 8.78 Å². The molecule has 0 aliphatic heterocycles. The van der Waals surface area contributed by atoms with E-state index in [0.29, 0.717) is 5.52 Å². The fraction of sp³-hybridized carbons (Fsp3) is 0.143. The van der Waals surface area contributed by atoms with Crippen LogP contribution in [0.2, 0.25) is 0 Å². The minimum atomic E-state index is -0.649. The summed E-state index contributed by atoms with van der Waals surface area (Å²) in [5.41, 5.74) is 0.462. The first-order valence-electron chi connectivity index (χ1n) is 3.44. The largest absolute Gasteiger partial charge is 0.247 e. The van der Waals surface area contributed by atoms with Gasteiger partial charge in [0.05, 0.1) is 9.09 Å². The van der Waals surface area contributed by atoms with E-state index < -0.39 is 11.6 Å². The Kier molecular flexibility index (Phi) is 1.94. The number of fused-ring (bicyclic) bond motifs is 1. The van der Waals surface area contributed by atoms with Gasteiger partial charge in [0.15, 0.2) is 5.82 Å². The molecule has 6 heteroatoms. The van der Waals surface area contributed by atoms with E-state index in [-0.39, 0.29) is 9.09 Å². The van der Waals surface area contributed by atoms with Gasteiger partial charge < -0.3 is 0 Å². The number of aryl methyl sites for hydroxylation is 1. The molecule has 0 amide bonds. The van der Waals surface area contributed by atoms with Crippen LogP contribution in [-0.4, -0.2) is 15.0 Å². The molecule has 0 aliphatic rings. The molecule has 0 N–H and O–H groups in total. The van der Waals surface area contributed by atoms with Gasteiger partial charge in [0.25, 0.3) is 0 Å². The van der Waals surface area contributed by atoms with Crippen molar-refractivity contribution in [2.75, 3.05) is 0 Å². The van der Waals surface area contributed by atoms with E-state index >= 15 is 0 Å². The summed E-state index contributed by atoms with van der Waals surface area (Å²) < 4.78 is 27.6. The van der Waals surface area contributed by atoms with Crippen molar-refractivity contribution in [2.24, 2.45) is 7.05 Å². The maximum absolute atomic E-state index is 13.3. The van der Waals surface area contributed by atoms with Crippen LogP contribution < -0.4 is 0 Å². The summed E-state index contributed by atoms with van der Waals surface area (Å²) in [5.74, 6) is -1.24. The van der Waals surface area contributed by atoms with Gasteiger partial charge in [0.1, 0.15) is 11.3 Å². The molecule has 13 heavy (non-hydrogen) atoms. The van der Waals surface area contributed by atoms with Crippen molar-refractivity contribution < 1.29 is 8.78 Å². The van der Waals surface area contributed by atoms with E-state index in [0.717, 1.165) is 0 Å². The summed E-state index contributed by atoms with van der Waals surface area (Å²) in [7, 11) is 1.58. The Hall–Kier alpha value is -0.790. The molecule has 0 saturated carbocycles. The Morgan fingerprint density at radius 1 is 1.46 bits per heavy atom. The third-order valence-corrected chi connectivity index (χ3v) is 2.73. The van der Waals surface area contributed by atoms with E-state index in [1.165, 1.54) is 10.7 Å². The van der Waals surface area contributed by atoms with Crippen LogP contribution in [0, 0.1) is 15.2 Å². The van der Waals surface area contributed by atoms with Crippen LogP contribution in [-0.2, 0) is 7.05 Å². The van der Waals surface area contributed by atoms with Gasteiger partial charge in [-0.15, -0.1) is 5.10 Å². The molecule has 68 valence electrons. The number of hydrogen-bond donors (Lipinski definition) is 0. The van der Waals surface area contributed by atoms with E-state index in [2.05, 4.69) is 10.3 Å². The lowest BCUT2D eigenvalue weighted by Gasteiger charge is -1.97. The van der Waals surface area contributed by atoms with Gasteiger partial charge in [-0.05, 0) is 22.6 Å². The molecule has 2 aromatic rings. The molecule has 1 aromatic heterocycles. The highest BCUT2D eigenvalue weighted by molar-refractivity contribution is 14.1. The van der Waals surface area contributed by atoms with Crippen LogP contribution in [0.3, 0.4) is 0 Å². The maximum Gasteiger partial charge on any atom is 0.169 e. The number of nitrogens with zero attached hydrogens (tertiary/aromatic N) is 3. The molecule has 0 atom stereocenters. The van der Waals surface area contributed by atoms with Crippen molar-refractivity contribution in [3.05, 3.63) is 21.3 Å². The molecule has 0 aliphatic carbocycles. The van der Waals surface area contributed by atoms with Gasteiger partial charge in [0, 0.05) is 13.1 Å². The quantitative estimate of drug-likeness (QED) is 0.548. The summed E-state index contributed by atoms with van der Waals surface area (Å²) >= 11 is 1.60. The topological polar surface area (TPSA) is 30.7 Å². The predicted molar refractivity (Wildman–Crippen MR) is 51.1 cm³/mol. The Labute approximate surface area is 85.9 Å². The number of aromatic nitrogens is 3. The molecule has 3 nitrogen and oxygen atoms in total. The lowest BCUT2D eigenvalue weighted by molar-refractivity contribution is 0.577. The average Bonchev–Trinajstić information content (AvgIpc) is 2.45. The Bertz CT molecular complexity index is 480. The monoisotopic (exact) mass is 295 g/mol. The number of hydrogen-bond acceptors (Lipinski definition) is 2. The molecule has 1 aromatic carbocycles. The molecular weight excluding hydrogens is 291 g/mol. The summed E-state index contributed by atoms with van der Waals surface area (Å²) in [5, 5.41) is 7.18. The van der Waals surface area contributed by atoms with Crippen LogP contribution in [0.1, 0.15) is 0 Å². The minimum absolute atomic E-state index is 0.0504. The SMILES string of the molecule is Cn1nnc2c(F)c(I)c(F)cc21. The normalized spacial score (nSPS) is 11.1. The smallest absolute Gasteiger partial charge is 0.169 e. The van der Waals surface area contributed by atoms with E-state index in [1.54, 1.807) is 29.6 Å². The zero-order chi connectivity index (χ0) is 9.59. The Balaban J connectivity index is 2.96. The van der Waals surface area contributed by atoms with Gasteiger partial charge >= 0.3 is 0 Å². The molecule has 0 fully saturated rings. The molecular formula is C7H4F2IN3. The van der Waals surface area contributed by atoms with Crippen LogP contribution in [0.25, 0.3) is 11.0 Å². The standard InChI is InChI=1S/C7H4F2IN3/c1-13-4-2-3(8)6(10)5(9)7(4)11-12-13/h2H,1H3. The summed E-state index contributed by atoms with van der Waals surface area (Å²) in [6.45, 7) is 0. The van der Waals surface area contributed by atoms with Gasteiger partial charge in [0.2, 0.25) is 0 Å². The highest BCUT2D eigenvalue weighted by atomic mass is 127. The van der Waals surface area contributed by atoms with Gasteiger partial charge in [-0.25, -0.2) is 13.5 Å².